The average Bonchev–Trinajstić information content (AvgIpc) is 2.64. The van der Waals surface area contributed by atoms with Crippen molar-refractivity contribution in [3.63, 3.8) is 0 Å². The van der Waals surface area contributed by atoms with E-state index in [1.807, 2.05) is 6.92 Å². The highest BCUT2D eigenvalue weighted by Gasteiger charge is 2.31. The number of hydrogen-bond acceptors (Lipinski definition) is 3. The van der Waals surface area contributed by atoms with E-state index in [0.29, 0.717) is 6.42 Å². The number of aliphatic hydroxyl groups excluding tert-OH is 1. The van der Waals surface area contributed by atoms with Gasteiger partial charge in [0, 0.05) is 5.56 Å². The second kappa shape index (κ2) is 9.60. The zero-order chi connectivity index (χ0) is 21.6. The molecule has 9 heteroatoms. The Bertz CT molecular complexity index is 841. The van der Waals surface area contributed by atoms with E-state index in [1.165, 1.54) is 31.2 Å². The van der Waals surface area contributed by atoms with Gasteiger partial charge in [-0.1, -0.05) is 25.1 Å². The molecule has 5 nitrogen and oxygen atoms in total. The summed E-state index contributed by atoms with van der Waals surface area (Å²) in [6, 6.07) is 6.27. The average molecular weight is 414 g/mol. The lowest BCUT2D eigenvalue weighted by atomic mass is 10.0. The highest BCUT2D eigenvalue weighted by atomic mass is 19.4. The third kappa shape index (κ3) is 6.08. The number of amides is 2. The molecule has 0 aliphatic carbocycles. The molecule has 0 radical (unpaired) electrons. The molecule has 0 spiro atoms. The van der Waals surface area contributed by atoms with Crippen LogP contribution in [0.3, 0.4) is 0 Å². The first-order chi connectivity index (χ1) is 13.6. The van der Waals surface area contributed by atoms with Crippen LogP contribution in [0.1, 0.15) is 37.4 Å². The first-order valence-electron chi connectivity index (χ1n) is 8.97. The van der Waals surface area contributed by atoms with Crippen LogP contribution in [0.15, 0.2) is 42.5 Å². The molecule has 0 aromatic heterocycles. The lowest BCUT2D eigenvalue weighted by Crippen LogP contribution is -2.38. The van der Waals surface area contributed by atoms with Gasteiger partial charge >= 0.3 is 12.2 Å². The Morgan fingerprint density at radius 1 is 1.21 bits per heavy atom. The van der Waals surface area contributed by atoms with Crippen LogP contribution in [0.4, 0.5) is 28.0 Å². The molecular weight excluding hydrogens is 392 g/mol. The number of nitrogens with one attached hydrogen (secondary N) is 2. The number of aliphatic hydroxyl groups is 1. The van der Waals surface area contributed by atoms with Crippen molar-refractivity contribution in [2.24, 2.45) is 0 Å². The van der Waals surface area contributed by atoms with Gasteiger partial charge in [-0.3, -0.25) is 0 Å². The Balaban J connectivity index is 2.26. The summed E-state index contributed by atoms with van der Waals surface area (Å²) in [6.07, 6.45) is -5.15. The van der Waals surface area contributed by atoms with E-state index < -0.39 is 35.7 Å². The standard InChI is InChI=1S/C20H22F4N2O3/c1-3-10-29-17-9-8-13(20(22,23)24)11-16(17)25-19(28)26-18(12(2)27)14-6-4-5-7-15(14)21/h4-9,11-12,18,27H,3,10H2,1-2H3,(H2,25,26,28). The Kier molecular flexibility index (Phi) is 7.44. The Morgan fingerprint density at radius 3 is 2.48 bits per heavy atom. The van der Waals surface area contributed by atoms with Gasteiger partial charge in [0.25, 0.3) is 0 Å². The maximum atomic E-state index is 14.0. The van der Waals surface area contributed by atoms with Crippen LogP contribution in [0.25, 0.3) is 0 Å². The molecule has 2 amide bonds. The molecule has 0 saturated heterocycles. The molecule has 2 aromatic carbocycles. The molecular formula is C20H22F4N2O3. The molecule has 0 heterocycles. The summed E-state index contributed by atoms with van der Waals surface area (Å²) in [5.41, 5.74) is -1.11. The van der Waals surface area contributed by atoms with Gasteiger partial charge in [-0.25, -0.2) is 9.18 Å². The van der Waals surface area contributed by atoms with Crippen LogP contribution >= 0.6 is 0 Å². The number of urea groups is 1. The fourth-order valence-electron chi connectivity index (χ4n) is 2.63. The summed E-state index contributed by atoms with van der Waals surface area (Å²) in [7, 11) is 0. The van der Waals surface area contributed by atoms with Gasteiger partial charge in [-0.05, 0) is 37.6 Å². The third-order valence-corrected chi connectivity index (χ3v) is 4.03. The SMILES string of the molecule is CCCOc1ccc(C(F)(F)F)cc1NC(=O)NC(c1ccccc1F)C(C)O. The summed E-state index contributed by atoms with van der Waals surface area (Å²) in [5.74, 6) is -0.570. The van der Waals surface area contributed by atoms with E-state index in [-0.39, 0.29) is 23.6 Å². The fourth-order valence-corrected chi connectivity index (χ4v) is 2.63. The number of carbonyl (C=O) groups is 1. The molecule has 158 valence electrons. The smallest absolute Gasteiger partial charge is 0.416 e. The molecule has 0 fully saturated rings. The van der Waals surface area contributed by atoms with Crippen LogP contribution in [0.5, 0.6) is 5.75 Å². The van der Waals surface area contributed by atoms with Crippen molar-refractivity contribution in [3.05, 3.63) is 59.4 Å². The molecule has 2 unspecified atom stereocenters. The van der Waals surface area contributed by atoms with Crippen LogP contribution in [0, 0.1) is 5.82 Å². The number of ether oxygens (including phenoxy) is 1. The fraction of sp³-hybridized carbons (Fsp3) is 0.350. The number of hydrogen-bond donors (Lipinski definition) is 3. The van der Waals surface area contributed by atoms with Gasteiger partial charge in [0.15, 0.2) is 0 Å². The third-order valence-electron chi connectivity index (χ3n) is 4.03. The number of rotatable bonds is 7. The van der Waals surface area contributed by atoms with Crippen LogP contribution in [-0.2, 0) is 6.18 Å². The van der Waals surface area contributed by atoms with Crippen molar-refractivity contribution in [1.82, 2.24) is 5.32 Å². The van der Waals surface area contributed by atoms with Crippen molar-refractivity contribution in [3.8, 4) is 5.75 Å². The van der Waals surface area contributed by atoms with Gasteiger partial charge in [-0.15, -0.1) is 0 Å². The van der Waals surface area contributed by atoms with E-state index >= 15 is 0 Å². The van der Waals surface area contributed by atoms with E-state index in [1.54, 1.807) is 0 Å². The predicted octanol–water partition coefficient (Wildman–Crippen LogP) is 4.88. The molecule has 0 aliphatic rings. The molecule has 0 bridgehead atoms. The number of benzene rings is 2. The first kappa shape index (κ1) is 22.5. The van der Waals surface area contributed by atoms with Crippen molar-refractivity contribution >= 4 is 11.7 Å². The number of anilines is 1. The largest absolute Gasteiger partial charge is 0.491 e. The molecule has 0 aliphatic heterocycles. The van der Waals surface area contributed by atoms with Gasteiger partial charge in [0.05, 0.1) is 30.0 Å². The zero-order valence-electron chi connectivity index (χ0n) is 15.9. The van der Waals surface area contributed by atoms with Crippen molar-refractivity contribution in [2.45, 2.75) is 38.6 Å². The predicted molar refractivity (Wildman–Crippen MR) is 100 cm³/mol. The lowest BCUT2D eigenvalue weighted by Gasteiger charge is -2.23. The summed E-state index contributed by atoms with van der Waals surface area (Å²) in [5, 5.41) is 14.6. The number of alkyl halides is 3. The molecule has 2 aromatic rings. The normalized spacial score (nSPS) is 13.5. The Labute approximate surface area is 165 Å². The summed E-state index contributed by atoms with van der Waals surface area (Å²) in [4.78, 5) is 12.4. The van der Waals surface area contributed by atoms with Gasteiger partial charge in [0.1, 0.15) is 11.6 Å². The minimum Gasteiger partial charge on any atom is -0.491 e. The van der Waals surface area contributed by atoms with E-state index in [2.05, 4.69) is 10.6 Å². The van der Waals surface area contributed by atoms with Crippen LogP contribution in [-0.4, -0.2) is 23.8 Å². The van der Waals surface area contributed by atoms with Crippen LogP contribution in [0.2, 0.25) is 0 Å². The first-order valence-corrected chi connectivity index (χ1v) is 8.97. The highest BCUT2D eigenvalue weighted by Crippen LogP contribution is 2.35. The quantitative estimate of drug-likeness (QED) is 0.566. The Hall–Kier alpha value is -2.81. The van der Waals surface area contributed by atoms with Gasteiger partial charge in [0.2, 0.25) is 0 Å². The minimum absolute atomic E-state index is 0.0455. The summed E-state index contributed by atoms with van der Waals surface area (Å²) in [6.45, 7) is 3.43. The molecule has 2 rings (SSSR count). The zero-order valence-corrected chi connectivity index (χ0v) is 15.9. The highest BCUT2D eigenvalue weighted by molar-refractivity contribution is 5.91. The Morgan fingerprint density at radius 2 is 1.90 bits per heavy atom. The minimum atomic E-state index is -4.61. The summed E-state index contributed by atoms with van der Waals surface area (Å²) >= 11 is 0. The van der Waals surface area contributed by atoms with Crippen molar-refractivity contribution < 1.29 is 32.2 Å². The van der Waals surface area contributed by atoms with E-state index in [9.17, 15) is 27.5 Å². The maximum Gasteiger partial charge on any atom is 0.416 e. The number of carbonyl (C=O) groups excluding carboxylic acids is 1. The van der Waals surface area contributed by atoms with Crippen LogP contribution < -0.4 is 15.4 Å². The van der Waals surface area contributed by atoms with Gasteiger partial charge in [-0.2, -0.15) is 13.2 Å². The topological polar surface area (TPSA) is 70.6 Å². The number of halogens is 4. The van der Waals surface area contributed by atoms with Gasteiger partial charge < -0.3 is 20.5 Å². The van der Waals surface area contributed by atoms with E-state index in [4.69, 9.17) is 4.74 Å². The van der Waals surface area contributed by atoms with E-state index in [0.717, 1.165) is 18.2 Å². The second-order valence-electron chi connectivity index (χ2n) is 6.40. The van der Waals surface area contributed by atoms with Crippen molar-refractivity contribution in [2.75, 3.05) is 11.9 Å². The molecule has 3 N–H and O–H groups in total. The second-order valence-corrected chi connectivity index (χ2v) is 6.40. The van der Waals surface area contributed by atoms with Crippen molar-refractivity contribution in [1.29, 1.82) is 0 Å². The lowest BCUT2D eigenvalue weighted by molar-refractivity contribution is -0.137. The molecule has 29 heavy (non-hydrogen) atoms. The monoisotopic (exact) mass is 414 g/mol. The maximum absolute atomic E-state index is 14.0. The molecule has 2 atom stereocenters. The summed E-state index contributed by atoms with van der Waals surface area (Å²) < 4.78 is 58.5. The molecule has 0 saturated carbocycles.